The van der Waals surface area contributed by atoms with Crippen molar-refractivity contribution in [1.82, 2.24) is 15.8 Å². The predicted molar refractivity (Wildman–Crippen MR) is 144 cm³/mol. The number of aliphatic imine (C=N–C) groups is 1. The Hall–Kier alpha value is -4.42. The van der Waals surface area contributed by atoms with E-state index in [1.54, 1.807) is 30.3 Å². The van der Waals surface area contributed by atoms with Gasteiger partial charge in [0.05, 0.1) is 22.2 Å². The number of benzene rings is 3. The zero-order valence-corrected chi connectivity index (χ0v) is 21.1. The number of carbonyl (C=O) groups is 2. The summed E-state index contributed by atoms with van der Waals surface area (Å²) >= 11 is 1.34. The fraction of sp³-hybridized carbons (Fsp3) is 0.185. The third-order valence-electron chi connectivity index (χ3n) is 6.34. The highest BCUT2D eigenvalue weighted by Crippen LogP contribution is 2.35. The van der Waals surface area contributed by atoms with Gasteiger partial charge in [-0.2, -0.15) is 0 Å². The lowest BCUT2D eigenvalue weighted by molar-refractivity contribution is -0.122. The Morgan fingerprint density at radius 1 is 1.03 bits per heavy atom. The Bertz CT molecular complexity index is 1610. The van der Waals surface area contributed by atoms with Gasteiger partial charge < -0.3 is 20.8 Å². The van der Waals surface area contributed by atoms with Gasteiger partial charge in [0, 0.05) is 24.5 Å². The summed E-state index contributed by atoms with van der Waals surface area (Å²) in [5.74, 6) is -0.824. The van der Waals surface area contributed by atoms with E-state index in [-0.39, 0.29) is 23.9 Å². The molecule has 1 saturated carbocycles. The molecule has 0 spiro atoms. The lowest BCUT2D eigenvalue weighted by Gasteiger charge is -2.25. The molecule has 4 N–H and O–H groups in total. The highest BCUT2D eigenvalue weighted by atomic mass is 32.1. The molecule has 198 valence electrons. The van der Waals surface area contributed by atoms with E-state index in [1.807, 2.05) is 0 Å². The molecule has 2 aliphatic rings. The molecule has 2 heterocycles. The van der Waals surface area contributed by atoms with Crippen molar-refractivity contribution < 1.29 is 23.1 Å². The van der Waals surface area contributed by atoms with Gasteiger partial charge in [0.15, 0.2) is 5.13 Å². The lowest BCUT2D eigenvalue weighted by atomic mass is 9.99. The number of rotatable bonds is 8. The van der Waals surface area contributed by atoms with E-state index in [2.05, 4.69) is 31.5 Å². The number of thiazole rings is 1. The maximum Gasteiger partial charge on any atom is 0.269 e. The van der Waals surface area contributed by atoms with Crippen molar-refractivity contribution in [2.24, 2.45) is 10.9 Å². The van der Waals surface area contributed by atoms with Crippen LogP contribution in [-0.4, -0.2) is 28.8 Å². The fourth-order valence-electron chi connectivity index (χ4n) is 4.11. The first kappa shape index (κ1) is 24.9. The largest absolute Gasteiger partial charge is 0.457 e. The molecule has 1 aliphatic heterocycles. The molecule has 4 aromatic rings. The number of aromatic nitrogens is 1. The monoisotopic (exact) mass is 548 g/mol. The molecule has 0 bridgehead atoms. The first-order valence-electron chi connectivity index (χ1n) is 12.2. The molecule has 12 heteroatoms. The van der Waals surface area contributed by atoms with Gasteiger partial charge >= 0.3 is 0 Å². The SMILES string of the molecule is O=C(Nc1nc2ccc(Oc3ccc(F)c(NC(=O)C4(Cc5ccc(F)cc5)N=CNN4)c3)cc2s1)C1CC1. The van der Waals surface area contributed by atoms with Gasteiger partial charge in [-0.25, -0.2) is 24.2 Å². The van der Waals surface area contributed by atoms with Gasteiger partial charge in [-0.05, 0) is 54.8 Å². The molecule has 2 amide bonds. The van der Waals surface area contributed by atoms with Crippen LogP contribution in [0.4, 0.5) is 19.6 Å². The van der Waals surface area contributed by atoms with Crippen molar-refractivity contribution in [3.63, 3.8) is 0 Å². The highest BCUT2D eigenvalue weighted by Gasteiger charge is 2.40. The quantitative estimate of drug-likeness (QED) is 0.253. The number of halogens is 2. The zero-order valence-electron chi connectivity index (χ0n) is 20.3. The van der Waals surface area contributed by atoms with Crippen LogP contribution in [0.1, 0.15) is 18.4 Å². The molecular formula is C27H22F2N6O3S. The van der Waals surface area contributed by atoms with E-state index in [0.717, 1.165) is 23.1 Å². The summed E-state index contributed by atoms with van der Waals surface area (Å²) in [6.45, 7) is 0. The van der Waals surface area contributed by atoms with Crippen molar-refractivity contribution >= 4 is 50.5 Å². The summed E-state index contributed by atoms with van der Waals surface area (Å²) in [6.07, 6.45) is 3.24. The smallest absolute Gasteiger partial charge is 0.269 e. The third-order valence-corrected chi connectivity index (χ3v) is 7.27. The molecule has 1 fully saturated rings. The van der Waals surface area contributed by atoms with Crippen LogP contribution >= 0.6 is 11.3 Å². The maximum atomic E-state index is 14.7. The average molecular weight is 549 g/mol. The van der Waals surface area contributed by atoms with Crippen LogP contribution in [0.2, 0.25) is 0 Å². The third kappa shape index (κ3) is 5.42. The predicted octanol–water partition coefficient (Wildman–Crippen LogP) is 4.73. The molecule has 1 atom stereocenters. The van der Waals surface area contributed by atoms with Crippen LogP contribution in [0.5, 0.6) is 11.5 Å². The van der Waals surface area contributed by atoms with Crippen LogP contribution < -0.4 is 26.2 Å². The van der Waals surface area contributed by atoms with E-state index in [0.29, 0.717) is 22.2 Å². The average Bonchev–Trinajstić information content (AvgIpc) is 3.54. The van der Waals surface area contributed by atoms with Gasteiger partial charge in [-0.15, -0.1) is 0 Å². The van der Waals surface area contributed by atoms with Gasteiger partial charge in [0.2, 0.25) is 11.6 Å². The Labute approximate surface area is 225 Å². The minimum atomic E-state index is -1.47. The minimum absolute atomic E-state index is 0.0138. The Morgan fingerprint density at radius 3 is 2.54 bits per heavy atom. The van der Waals surface area contributed by atoms with E-state index in [4.69, 9.17) is 4.74 Å². The Morgan fingerprint density at radius 2 is 1.79 bits per heavy atom. The lowest BCUT2D eigenvalue weighted by Crippen LogP contribution is -2.55. The molecular weight excluding hydrogens is 526 g/mol. The van der Waals surface area contributed by atoms with Crippen molar-refractivity contribution in [3.8, 4) is 11.5 Å². The molecule has 1 unspecified atom stereocenters. The minimum Gasteiger partial charge on any atom is -0.457 e. The molecule has 3 aromatic carbocycles. The Balaban J connectivity index is 1.18. The summed E-state index contributed by atoms with van der Waals surface area (Å²) < 4.78 is 34.8. The highest BCUT2D eigenvalue weighted by molar-refractivity contribution is 7.22. The van der Waals surface area contributed by atoms with Gasteiger partial charge in [-0.1, -0.05) is 23.5 Å². The van der Waals surface area contributed by atoms with Gasteiger partial charge in [0.1, 0.15) is 23.1 Å². The summed E-state index contributed by atoms with van der Waals surface area (Å²) in [6, 6.07) is 15.0. The zero-order chi connectivity index (χ0) is 27.0. The van der Waals surface area contributed by atoms with Crippen LogP contribution in [0.25, 0.3) is 10.2 Å². The molecule has 1 aromatic heterocycles. The number of nitrogens with one attached hydrogen (secondary N) is 4. The van der Waals surface area contributed by atoms with Crippen molar-refractivity contribution in [1.29, 1.82) is 0 Å². The Kier molecular flexibility index (Phi) is 6.41. The van der Waals surface area contributed by atoms with E-state index < -0.39 is 23.2 Å². The molecule has 9 nitrogen and oxygen atoms in total. The van der Waals surface area contributed by atoms with Crippen molar-refractivity contribution in [2.75, 3.05) is 10.6 Å². The number of fused-ring (bicyclic) bond motifs is 1. The van der Waals surface area contributed by atoms with Gasteiger partial charge in [0.25, 0.3) is 5.91 Å². The molecule has 39 heavy (non-hydrogen) atoms. The first-order chi connectivity index (χ1) is 18.9. The normalized spacial score (nSPS) is 18.1. The second-order valence-electron chi connectivity index (χ2n) is 9.30. The van der Waals surface area contributed by atoms with Crippen molar-refractivity contribution in [3.05, 3.63) is 77.9 Å². The first-order valence-corrected chi connectivity index (χ1v) is 13.0. The van der Waals surface area contributed by atoms with Gasteiger partial charge in [-0.3, -0.25) is 9.59 Å². The van der Waals surface area contributed by atoms with Crippen LogP contribution in [-0.2, 0) is 16.0 Å². The number of anilines is 2. The fourth-order valence-corrected chi connectivity index (χ4v) is 5.01. The summed E-state index contributed by atoms with van der Waals surface area (Å²) in [7, 11) is 0. The molecule has 1 aliphatic carbocycles. The number of ether oxygens (including phenoxy) is 1. The summed E-state index contributed by atoms with van der Waals surface area (Å²) in [5.41, 5.74) is 5.30. The van der Waals surface area contributed by atoms with Crippen LogP contribution in [0.3, 0.4) is 0 Å². The standard InChI is InChI=1S/C27H22F2N6O3S/c28-17-5-1-15(2-6-17)13-27(30-14-31-35-27)25(37)32-22-11-18(7-9-20(22)29)38-19-8-10-21-23(12-19)39-26(33-21)34-24(36)16-3-4-16/h1-2,5-12,14,16,35H,3-4,13H2,(H,30,31)(H,32,37)(H,33,34,36). The number of hydrogen-bond acceptors (Lipinski definition) is 8. The van der Waals surface area contributed by atoms with Crippen LogP contribution in [0, 0.1) is 17.6 Å². The van der Waals surface area contributed by atoms with E-state index in [1.165, 1.54) is 48.0 Å². The molecule has 0 radical (unpaired) electrons. The number of carbonyl (C=O) groups excluding carboxylic acids is 2. The van der Waals surface area contributed by atoms with Crippen molar-refractivity contribution in [2.45, 2.75) is 24.9 Å². The summed E-state index contributed by atoms with van der Waals surface area (Å²) in [5, 5.41) is 5.96. The molecule has 0 saturated heterocycles. The topological polar surface area (TPSA) is 117 Å². The van der Waals surface area contributed by atoms with Crippen LogP contribution in [0.15, 0.2) is 65.7 Å². The number of hydrazine groups is 1. The van der Waals surface area contributed by atoms with E-state index in [9.17, 15) is 18.4 Å². The second kappa shape index (κ2) is 10.0. The number of amides is 2. The second-order valence-corrected chi connectivity index (χ2v) is 10.3. The summed E-state index contributed by atoms with van der Waals surface area (Å²) in [4.78, 5) is 34.0. The number of hydrogen-bond donors (Lipinski definition) is 4. The molecule has 6 rings (SSSR count). The number of nitrogens with zero attached hydrogens (tertiary/aromatic N) is 2. The maximum absolute atomic E-state index is 14.7. The van der Waals surface area contributed by atoms with E-state index >= 15 is 0 Å².